The van der Waals surface area contributed by atoms with Crippen LogP contribution in [0.1, 0.15) is 45.0 Å². The molecular formula is C20H26ClN5O3. The van der Waals surface area contributed by atoms with E-state index in [-0.39, 0.29) is 23.8 Å². The third-order valence-electron chi connectivity index (χ3n) is 5.17. The number of amides is 2. The molecule has 0 radical (unpaired) electrons. The van der Waals surface area contributed by atoms with E-state index in [1.54, 1.807) is 18.2 Å². The van der Waals surface area contributed by atoms with Crippen molar-refractivity contribution in [1.82, 2.24) is 9.97 Å². The summed E-state index contributed by atoms with van der Waals surface area (Å²) in [4.78, 5) is 32.2. The Hall–Kier alpha value is -2.58. The van der Waals surface area contributed by atoms with Gasteiger partial charge in [-0.25, -0.2) is 9.78 Å². The number of hydrogen-bond acceptors (Lipinski definition) is 5. The molecule has 0 spiro atoms. The smallest absolute Gasteiger partial charge is 0.411 e. The summed E-state index contributed by atoms with van der Waals surface area (Å²) in [6.45, 7) is 4.06. The molecule has 3 rings (SSSR count). The Labute approximate surface area is 174 Å². The van der Waals surface area contributed by atoms with Crippen molar-refractivity contribution >= 4 is 35.0 Å². The minimum Gasteiger partial charge on any atom is -0.453 e. The van der Waals surface area contributed by atoms with Crippen molar-refractivity contribution in [3.05, 3.63) is 29.2 Å². The highest BCUT2D eigenvalue weighted by molar-refractivity contribution is 6.32. The number of hydrogen-bond donors (Lipinski definition) is 4. The second kappa shape index (κ2) is 8.84. The standard InChI is InChI=1S/C20H26ClN5O3/c1-10(2)12-5-4-6-14(22)18-25-16(17(21)26-18)13-8-7-11(23-20(28)29-3)9-15(13)24-19(12)27/h7-10,12,14H,4-6,22H2,1-3H3,(H,23,28)(H,24,27)(H,25,26)/t12?,14-/m0/s1. The first-order valence-electron chi connectivity index (χ1n) is 9.61. The van der Waals surface area contributed by atoms with Gasteiger partial charge in [-0.15, -0.1) is 0 Å². The zero-order chi connectivity index (χ0) is 21.1. The van der Waals surface area contributed by atoms with Crippen molar-refractivity contribution in [2.24, 2.45) is 17.6 Å². The van der Waals surface area contributed by atoms with Crippen LogP contribution in [0, 0.1) is 11.8 Å². The van der Waals surface area contributed by atoms with Gasteiger partial charge in [0.05, 0.1) is 18.8 Å². The van der Waals surface area contributed by atoms with Crippen molar-refractivity contribution in [2.75, 3.05) is 17.7 Å². The number of aromatic nitrogens is 2. The van der Waals surface area contributed by atoms with Crippen LogP contribution < -0.4 is 16.4 Å². The van der Waals surface area contributed by atoms with Crippen LogP contribution in [0.15, 0.2) is 18.2 Å². The van der Waals surface area contributed by atoms with Crippen LogP contribution in [-0.2, 0) is 9.53 Å². The Morgan fingerprint density at radius 2 is 2.14 bits per heavy atom. The number of nitrogens with zero attached hydrogens (tertiary/aromatic N) is 1. The van der Waals surface area contributed by atoms with Crippen LogP contribution in [0.3, 0.4) is 0 Å². The Kier molecular flexibility index (Phi) is 6.44. The summed E-state index contributed by atoms with van der Waals surface area (Å²) in [5.41, 5.74) is 8.41. The van der Waals surface area contributed by atoms with Gasteiger partial charge in [0.1, 0.15) is 16.7 Å². The fourth-order valence-electron chi connectivity index (χ4n) is 3.51. The number of carbonyl (C=O) groups excluding carboxylic acids is 2. The molecule has 8 nitrogen and oxygen atoms in total. The Morgan fingerprint density at radius 1 is 1.38 bits per heavy atom. The number of nitrogens with one attached hydrogen (secondary N) is 3. The molecule has 5 N–H and O–H groups in total. The molecule has 0 saturated heterocycles. The van der Waals surface area contributed by atoms with Gasteiger partial charge in [0, 0.05) is 17.2 Å². The number of anilines is 2. The van der Waals surface area contributed by atoms with Crippen molar-refractivity contribution in [3.63, 3.8) is 0 Å². The topological polar surface area (TPSA) is 122 Å². The van der Waals surface area contributed by atoms with E-state index in [1.807, 2.05) is 13.8 Å². The summed E-state index contributed by atoms with van der Waals surface area (Å²) < 4.78 is 4.64. The lowest BCUT2D eigenvalue weighted by molar-refractivity contribution is -0.121. The number of aromatic amines is 1. The van der Waals surface area contributed by atoms with Gasteiger partial charge in [0.2, 0.25) is 5.91 Å². The summed E-state index contributed by atoms with van der Waals surface area (Å²) in [7, 11) is 1.28. The molecule has 156 valence electrons. The molecule has 0 fully saturated rings. The first-order chi connectivity index (χ1) is 13.8. The number of rotatable bonds is 2. The molecule has 0 saturated carbocycles. The lowest BCUT2D eigenvalue weighted by atomic mass is 9.88. The minimum absolute atomic E-state index is 0.0857. The molecule has 2 heterocycles. The molecule has 0 aliphatic carbocycles. The monoisotopic (exact) mass is 419 g/mol. The van der Waals surface area contributed by atoms with Crippen LogP contribution in [0.2, 0.25) is 5.15 Å². The predicted octanol–water partition coefficient (Wildman–Crippen LogP) is 4.30. The number of carbonyl (C=O) groups is 2. The highest BCUT2D eigenvalue weighted by Gasteiger charge is 2.26. The molecule has 29 heavy (non-hydrogen) atoms. The summed E-state index contributed by atoms with van der Waals surface area (Å²) in [6.07, 6.45) is 1.61. The molecule has 2 aromatic rings. The average molecular weight is 420 g/mol. The number of halogens is 1. The Bertz CT molecular complexity index is 912. The van der Waals surface area contributed by atoms with Gasteiger partial charge in [-0.3, -0.25) is 10.1 Å². The molecule has 9 heteroatoms. The predicted molar refractivity (Wildman–Crippen MR) is 113 cm³/mol. The maximum absolute atomic E-state index is 13.0. The molecule has 1 aliphatic rings. The summed E-state index contributed by atoms with van der Waals surface area (Å²) in [6, 6.07) is 4.81. The summed E-state index contributed by atoms with van der Waals surface area (Å²) in [5, 5.41) is 5.96. The van der Waals surface area contributed by atoms with Gasteiger partial charge in [-0.1, -0.05) is 31.9 Å². The number of fused-ring (bicyclic) bond motifs is 4. The SMILES string of the molecule is COC(=O)Nc1ccc2c(c1)NC(=O)C(C(C)C)CCC[C@H](N)c1nc-2c(Cl)[nH]1. The largest absolute Gasteiger partial charge is 0.453 e. The summed E-state index contributed by atoms with van der Waals surface area (Å²) >= 11 is 6.40. The van der Waals surface area contributed by atoms with E-state index in [2.05, 4.69) is 25.3 Å². The number of ether oxygens (including phenoxy) is 1. The molecule has 1 aliphatic heterocycles. The van der Waals surface area contributed by atoms with Gasteiger partial charge in [0.15, 0.2) is 0 Å². The maximum atomic E-state index is 13.0. The van der Waals surface area contributed by atoms with Gasteiger partial charge >= 0.3 is 6.09 Å². The lowest BCUT2D eigenvalue weighted by Gasteiger charge is -2.22. The zero-order valence-electron chi connectivity index (χ0n) is 16.7. The van der Waals surface area contributed by atoms with Gasteiger partial charge in [-0.2, -0.15) is 0 Å². The molecule has 1 aromatic heterocycles. The molecule has 2 atom stereocenters. The third-order valence-corrected chi connectivity index (χ3v) is 5.44. The number of nitrogens with two attached hydrogens (primary N) is 1. The number of H-pyrrole nitrogens is 1. The van der Waals surface area contributed by atoms with Crippen LogP contribution in [0.25, 0.3) is 11.3 Å². The highest BCUT2D eigenvalue weighted by atomic mass is 35.5. The van der Waals surface area contributed by atoms with Crippen molar-refractivity contribution in [3.8, 4) is 11.3 Å². The fraction of sp³-hybridized carbons (Fsp3) is 0.450. The van der Waals surface area contributed by atoms with E-state index in [0.717, 1.165) is 6.42 Å². The molecule has 2 amide bonds. The fourth-order valence-corrected chi connectivity index (χ4v) is 3.75. The maximum Gasteiger partial charge on any atom is 0.411 e. The normalized spacial score (nSPS) is 19.6. The van der Waals surface area contributed by atoms with Crippen molar-refractivity contribution < 1.29 is 14.3 Å². The lowest BCUT2D eigenvalue weighted by Crippen LogP contribution is -2.28. The molecular weight excluding hydrogens is 394 g/mol. The number of methoxy groups -OCH3 is 1. The van der Waals surface area contributed by atoms with Crippen LogP contribution in [0.5, 0.6) is 0 Å². The van der Waals surface area contributed by atoms with Crippen molar-refractivity contribution in [2.45, 2.75) is 39.2 Å². The van der Waals surface area contributed by atoms with Gasteiger partial charge in [-0.05, 0) is 37.0 Å². The van der Waals surface area contributed by atoms with Crippen LogP contribution in [0.4, 0.5) is 16.2 Å². The van der Waals surface area contributed by atoms with E-state index in [0.29, 0.717) is 46.5 Å². The molecule has 1 aromatic carbocycles. The second-order valence-electron chi connectivity index (χ2n) is 7.54. The van der Waals surface area contributed by atoms with Gasteiger partial charge < -0.3 is 20.8 Å². The van der Waals surface area contributed by atoms with Gasteiger partial charge in [0.25, 0.3) is 0 Å². The van der Waals surface area contributed by atoms with Crippen molar-refractivity contribution in [1.29, 1.82) is 0 Å². The highest BCUT2D eigenvalue weighted by Crippen LogP contribution is 2.36. The van der Waals surface area contributed by atoms with E-state index in [4.69, 9.17) is 17.3 Å². The van der Waals surface area contributed by atoms with E-state index in [9.17, 15) is 9.59 Å². The minimum atomic E-state index is -0.601. The number of benzene rings is 1. The average Bonchev–Trinajstić information content (AvgIpc) is 3.05. The van der Waals surface area contributed by atoms with E-state index < -0.39 is 6.09 Å². The Balaban J connectivity index is 2.09. The molecule has 2 bridgehead atoms. The number of imidazole rings is 1. The van der Waals surface area contributed by atoms with E-state index >= 15 is 0 Å². The second-order valence-corrected chi connectivity index (χ2v) is 7.92. The van der Waals surface area contributed by atoms with E-state index in [1.165, 1.54) is 7.11 Å². The third kappa shape index (κ3) is 4.71. The van der Waals surface area contributed by atoms with Crippen LogP contribution >= 0.6 is 11.6 Å². The molecule has 1 unspecified atom stereocenters. The summed E-state index contributed by atoms with van der Waals surface area (Å²) in [5.74, 6) is 0.533. The Morgan fingerprint density at radius 3 is 2.83 bits per heavy atom. The zero-order valence-corrected chi connectivity index (χ0v) is 17.5. The first kappa shape index (κ1) is 21.1. The first-order valence-corrected chi connectivity index (χ1v) is 9.99. The van der Waals surface area contributed by atoms with Crippen LogP contribution in [-0.4, -0.2) is 29.1 Å². The quantitative estimate of drug-likeness (QED) is 0.577.